The molecule has 7 nitrogen and oxygen atoms in total. The molecule has 0 radical (unpaired) electrons. The fourth-order valence-corrected chi connectivity index (χ4v) is 2.64. The molecule has 0 aliphatic rings. The quantitative estimate of drug-likeness (QED) is 0.726. The van der Waals surface area contributed by atoms with Crippen LogP contribution in [0.15, 0.2) is 41.1 Å². The Labute approximate surface area is 154 Å². The molecule has 2 amide bonds. The van der Waals surface area contributed by atoms with Gasteiger partial charge in [-0.15, -0.1) is 0 Å². The molecule has 0 aliphatic carbocycles. The molecule has 0 fully saturated rings. The molecule has 1 aromatic carbocycles. The molecule has 0 spiro atoms. The number of nitrogens with zero attached hydrogens (tertiary/aromatic N) is 1. The molecule has 1 aromatic heterocycles. The van der Waals surface area contributed by atoms with E-state index in [1.54, 1.807) is 41.1 Å². The van der Waals surface area contributed by atoms with Gasteiger partial charge in [-0.25, -0.2) is 0 Å². The highest BCUT2D eigenvalue weighted by Gasteiger charge is 2.19. The molecule has 1 atom stereocenters. The Bertz CT molecular complexity index is 827. The van der Waals surface area contributed by atoms with Crippen LogP contribution in [0.5, 0.6) is 0 Å². The summed E-state index contributed by atoms with van der Waals surface area (Å²) in [5.74, 6) is -1.41. The van der Waals surface area contributed by atoms with Gasteiger partial charge in [0.25, 0.3) is 11.8 Å². The summed E-state index contributed by atoms with van der Waals surface area (Å²) in [5, 5.41) is 17.7. The summed E-state index contributed by atoms with van der Waals surface area (Å²) in [7, 11) is 0. The third-order valence-corrected chi connectivity index (χ3v) is 4.06. The van der Waals surface area contributed by atoms with Gasteiger partial charge in [0.2, 0.25) is 0 Å². The molecule has 2 rings (SSSR count). The maximum absolute atomic E-state index is 12.1. The van der Waals surface area contributed by atoms with Crippen LogP contribution in [0.25, 0.3) is 0 Å². The monoisotopic (exact) mass is 371 g/mol. The number of nitrogens with one attached hydrogen (secondary N) is 2. The minimum atomic E-state index is -1.03. The van der Waals surface area contributed by atoms with E-state index in [9.17, 15) is 14.4 Å². The van der Waals surface area contributed by atoms with E-state index in [4.69, 9.17) is 10.00 Å². The lowest BCUT2D eigenvalue weighted by Crippen LogP contribution is -2.32. The van der Waals surface area contributed by atoms with Crippen molar-refractivity contribution in [3.05, 3.63) is 52.2 Å². The van der Waals surface area contributed by atoms with Gasteiger partial charge in [-0.3, -0.25) is 14.4 Å². The third-order valence-electron chi connectivity index (χ3n) is 3.38. The van der Waals surface area contributed by atoms with Crippen LogP contribution in [0.2, 0.25) is 0 Å². The molecule has 2 N–H and O–H groups in total. The Morgan fingerprint density at radius 3 is 2.73 bits per heavy atom. The minimum Gasteiger partial charge on any atom is -0.452 e. The molecule has 26 heavy (non-hydrogen) atoms. The Kier molecular flexibility index (Phi) is 6.88. The third kappa shape index (κ3) is 5.43. The molecule has 2 aromatic rings. The average Bonchev–Trinajstić information content (AvgIpc) is 3.16. The minimum absolute atomic E-state index is 0.0533. The first-order chi connectivity index (χ1) is 12.5. The normalized spacial score (nSPS) is 11.1. The number of para-hydroxylation sites is 1. The smallest absolute Gasteiger partial charge is 0.308 e. The van der Waals surface area contributed by atoms with E-state index in [1.807, 2.05) is 6.07 Å². The van der Waals surface area contributed by atoms with Gasteiger partial charge in [-0.05, 0) is 30.5 Å². The second-order valence-electron chi connectivity index (χ2n) is 5.30. The number of ether oxygens (including phenoxy) is 1. The molecule has 0 saturated heterocycles. The summed E-state index contributed by atoms with van der Waals surface area (Å²) in [5.41, 5.74) is 1.20. The lowest BCUT2D eigenvalue weighted by molar-refractivity contribution is -0.153. The maximum atomic E-state index is 12.1. The number of anilines is 1. The summed E-state index contributed by atoms with van der Waals surface area (Å²) >= 11 is 1.41. The summed E-state index contributed by atoms with van der Waals surface area (Å²) in [6.07, 6.45) is -1.08. The van der Waals surface area contributed by atoms with Gasteiger partial charge in [-0.2, -0.15) is 16.6 Å². The fraction of sp³-hybridized carbons (Fsp3) is 0.222. The zero-order valence-electron chi connectivity index (χ0n) is 14.0. The summed E-state index contributed by atoms with van der Waals surface area (Å²) in [6, 6.07) is 10.2. The van der Waals surface area contributed by atoms with E-state index >= 15 is 0 Å². The number of carbonyl (C=O) groups is 3. The molecule has 8 heteroatoms. The van der Waals surface area contributed by atoms with E-state index < -0.39 is 18.0 Å². The van der Waals surface area contributed by atoms with Crippen LogP contribution in [0, 0.1) is 11.3 Å². The molecular weight excluding hydrogens is 354 g/mol. The lowest BCUT2D eigenvalue weighted by atomic mass is 10.2. The molecule has 134 valence electrons. The van der Waals surface area contributed by atoms with Crippen molar-refractivity contribution < 1.29 is 19.1 Å². The van der Waals surface area contributed by atoms with Crippen molar-refractivity contribution in [3.63, 3.8) is 0 Å². The molecule has 0 bridgehead atoms. The highest BCUT2D eigenvalue weighted by atomic mass is 32.1. The molecule has 1 heterocycles. The van der Waals surface area contributed by atoms with Gasteiger partial charge in [0, 0.05) is 17.5 Å². The fourth-order valence-electron chi connectivity index (χ4n) is 2.01. The van der Waals surface area contributed by atoms with Crippen LogP contribution >= 0.6 is 11.3 Å². The second-order valence-corrected chi connectivity index (χ2v) is 6.08. The number of thiophene rings is 1. The predicted octanol–water partition coefficient (Wildman–Crippen LogP) is 2.31. The molecule has 0 saturated carbocycles. The Morgan fingerprint density at radius 2 is 2.04 bits per heavy atom. The Balaban J connectivity index is 1.76. The zero-order chi connectivity index (χ0) is 18.9. The predicted molar refractivity (Wildman–Crippen MR) is 96.6 cm³/mol. The number of hydrogen-bond donors (Lipinski definition) is 2. The van der Waals surface area contributed by atoms with Crippen molar-refractivity contribution in [2.75, 3.05) is 11.9 Å². The van der Waals surface area contributed by atoms with E-state index in [1.165, 1.54) is 18.3 Å². The summed E-state index contributed by atoms with van der Waals surface area (Å²) < 4.78 is 5.05. The topological polar surface area (TPSA) is 108 Å². The first-order valence-electron chi connectivity index (χ1n) is 7.81. The Morgan fingerprint density at radius 1 is 1.27 bits per heavy atom. The van der Waals surface area contributed by atoms with E-state index in [-0.39, 0.29) is 18.9 Å². The van der Waals surface area contributed by atoms with Crippen LogP contribution in [0.3, 0.4) is 0 Å². The number of nitriles is 1. The van der Waals surface area contributed by atoms with Crippen molar-refractivity contribution >= 4 is 34.8 Å². The molecule has 0 aliphatic heterocycles. The number of carbonyl (C=O) groups excluding carboxylic acids is 3. The number of rotatable bonds is 7. The van der Waals surface area contributed by atoms with Gasteiger partial charge in [-0.1, -0.05) is 12.1 Å². The van der Waals surface area contributed by atoms with Crippen LogP contribution in [0.1, 0.15) is 29.3 Å². The highest BCUT2D eigenvalue weighted by molar-refractivity contribution is 7.08. The van der Waals surface area contributed by atoms with Crippen molar-refractivity contribution in [1.29, 1.82) is 5.26 Å². The van der Waals surface area contributed by atoms with Gasteiger partial charge in [0.15, 0.2) is 6.10 Å². The van der Waals surface area contributed by atoms with Crippen molar-refractivity contribution in [2.24, 2.45) is 0 Å². The largest absolute Gasteiger partial charge is 0.452 e. The second kappa shape index (κ2) is 9.34. The Hall–Kier alpha value is -3.18. The SMILES string of the molecule is CC(OC(=O)CCNC(=O)c1ccsc1)C(=O)Nc1ccccc1C#N. The van der Waals surface area contributed by atoms with Gasteiger partial charge < -0.3 is 15.4 Å². The van der Waals surface area contributed by atoms with Crippen LogP contribution in [-0.4, -0.2) is 30.4 Å². The van der Waals surface area contributed by atoms with Crippen LogP contribution in [0.4, 0.5) is 5.69 Å². The average molecular weight is 371 g/mol. The van der Waals surface area contributed by atoms with Crippen molar-refractivity contribution in [1.82, 2.24) is 5.32 Å². The van der Waals surface area contributed by atoms with Gasteiger partial charge >= 0.3 is 5.97 Å². The van der Waals surface area contributed by atoms with Gasteiger partial charge in [0.05, 0.1) is 17.7 Å². The zero-order valence-corrected chi connectivity index (χ0v) is 14.8. The van der Waals surface area contributed by atoms with Crippen LogP contribution in [-0.2, 0) is 14.3 Å². The van der Waals surface area contributed by atoms with Crippen LogP contribution < -0.4 is 10.6 Å². The highest BCUT2D eigenvalue weighted by Crippen LogP contribution is 2.14. The van der Waals surface area contributed by atoms with Crippen molar-refractivity contribution in [3.8, 4) is 6.07 Å². The summed E-state index contributed by atoms with van der Waals surface area (Å²) in [4.78, 5) is 35.6. The number of hydrogen-bond acceptors (Lipinski definition) is 6. The van der Waals surface area contributed by atoms with E-state index in [0.717, 1.165) is 0 Å². The van der Waals surface area contributed by atoms with E-state index in [0.29, 0.717) is 16.8 Å². The molecular formula is C18H17N3O4S. The summed E-state index contributed by atoms with van der Waals surface area (Å²) in [6.45, 7) is 1.55. The first-order valence-corrected chi connectivity index (χ1v) is 8.75. The number of benzene rings is 1. The maximum Gasteiger partial charge on any atom is 0.308 e. The number of amides is 2. The standard InChI is InChI=1S/C18H17N3O4S/c1-12(17(23)21-15-5-3-2-4-13(15)10-19)25-16(22)6-8-20-18(24)14-7-9-26-11-14/h2-5,7,9,11-12H,6,8H2,1H3,(H,20,24)(H,21,23). The van der Waals surface area contributed by atoms with Crippen molar-refractivity contribution in [2.45, 2.75) is 19.4 Å². The lowest BCUT2D eigenvalue weighted by Gasteiger charge is -2.14. The van der Waals surface area contributed by atoms with Gasteiger partial charge in [0.1, 0.15) is 6.07 Å². The first kappa shape index (κ1) is 19.1. The number of esters is 1. The van der Waals surface area contributed by atoms with E-state index in [2.05, 4.69) is 10.6 Å². The molecule has 1 unspecified atom stereocenters.